The highest BCUT2D eigenvalue weighted by Crippen LogP contribution is 2.40. The highest BCUT2D eigenvalue weighted by atomic mass is 14.2. The van der Waals surface area contributed by atoms with Crippen LogP contribution in [0.1, 0.15) is 136 Å². The van der Waals surface area contributed by atoms with Gasteiger partial charge in [-0.3, -0.25) is 0 Å². The van der Waals surface area contributed by atoms with Gasteiger partial charge in [-0.2, -0.15) is 0 Å². The lowest BCUT2D eigenvalue weighted by Crippen LogP contribution is -2.32. The van der Waals surface area contributed by atoms with E-state index in [-0.39, 0.29) is 0 Å². The molecule has 0 nitrogen and oxygen atoms in total. The molecule has 0 aromatic heterocycles. The fourth-order valence-electron chi connectivity index (χ4n) is 5.84. The van der Waals surface area contributed by atoms with Crippen LogP contribution in [0.25, 0.3) is 0 Å². The molecule has 2 saturated carbocycles. The Morgan fingerprint density at radius 3 is 0.885 bits per heavy atom. The molecule has 2 rings (SSSR count). The van der Waals surface area contributed by atoms with Gasteiger partial charge in [0.15, 0.2) is 0 Å². The molecule has 0 aliphatic heterocycles. The van der Waals surface area contributed by atoms with Gasteiger partial charge < -0.3 is 0 Å². The van der Waals surface area contributed by atoms with Crippen molar-refractivity contribution >= 4 is 21.4 Å². The van der Waals surface area contributed by atoms with E-state index in [1.165, 1.54) is 143 Å². The highest BCUT2D eigenvalue weighted by Gasteiger charge is 2.29. The van der Waals surface area contributed by atoms with E-state index in [1.807, 2.05) is 0 Å². The first-order valence-electron chi connectivity index (χ1n) is 12.6. The van der Waals surface area contributed by atoms with Crippen LogP contribution in [0.3, 0.4) is 0 Å². The maximum Gasteiger partial charge on any atom is 0.0859 e. The molecular weight excluding hydrogens is 309 g/mol. The fraction of sp³-hybridized carbons (Fsp3) is 1.00. The molecule has 0 unspecified atom stereocenters. The van der Waals surface area contributed by atoms with Crippen molar-refractivity contribution in [3.63, 3.8) is 0 Å². The molecule has 0 aromatic carbocycles. The Labute approximate surface area is 168 Å². The summed E-state index contributed by atoms with van der Waals surface area (Å²) in [6, 6.07) is 0. The monoisotopic (exact) mass is 356 g/mol. The van der Waals surface area contributed by atoms with Crippen molar-refractivity contribution < 1.29 is 0 Å². The molecule has 0 amide bonds. The largest absolute Gasteiger partial charge is 0.0859 e. The van der Waals surface area contributed by atoms with Crippen LogP contribution in [0.5, 0.6) is 0 Å². The van der Waals surface area contributed by atoms with E-state index in [0.29, 0.717) is 10.6 Å². The maximum atomic E-state index is 2.64. The van der Waals surface area contributed by atoms with Gasteiger partial charge in [-0.1, -0.05) is 146 Å². The van der Waals surface area contributed by atoms with E-state index in [4.69, 9.17) is 0 Å². The van der Waals surface area contributed by atoms with Crippen molar-refractivity contribution in [3.8, 4) is 0 Å². The average molecular weight is 356 g/mol. The van der Waals surface area contributed by atoms with Crippen LogP contribution in [-0.2, 0) is 0 Å². The van der Waals surface area contributed by atoms with E-state index in [9.17, 15) is 0 Å². The summed E-state index contributed by atoms with van der Waals surface area (Å²) in [6.45, 7) is 5.27. The minimum atomic E-state index is 0.649. The van der Waals surface area contributed by atoms with Crippen LogP contribution in [0.4, 0.5) is 0 Å². The van der Waals surface area contributed by atoms with Crippen LogP contribution >= 0.6 is 0 Å². The van der Waals surface area contributed by atoms with Gasteiger partial charge in [-0.05, 0) is 0 Å². The first-order valence-corrected chi connectivity index (χ1v) is 12.6. The first-order chi connectivity index (χ1) is 12.6. The van der Waals surface area contributed by atoms with Crippen molar-refractivity contribution in [2.45, 2.75) is 146 Å². The maximum absolute atomic E-state index is 2.64. The smallest absolute Gasteiger partial charge is 0.0673 e. The van der Waals surface area contributed by atoms with Crippen molar-refractivity contribution in [1.29, 1.82) is 0 Å². The molecule has 2 fully saturated rings. The van der Waals surface area contributed by atoms with Crippen LogP contribution in [0.15, 0.2) is 0 Å². The lowest BCUT2D eigenvalue weighted by molar-refractivity contribution is 0.429. The molecule has 148 valence electrons. The van der Waals surface area contributed by atoms with Crippen LogP contribution in [0, 0.1) is 0 Å². The molecule has 26 heavy (non-hydrogen) atoms. The zero-order valence-electron chi connectivity index (χ0n) is 18.6. The number of hydrogen-bond donors (Lipinski definition) is 0. The van der Waals surface area contributed by atoms with Gasteiger partial charge in [0.1, 0.15) is 0 Å². The van der Waals surface area contributed by atoms with Crippen LogP contribution < -0.4 is 0 Å². The Hall–Kier alpha value is 0.195. The summed E-state index contributed by atoms with van der Waals surface area (Å²) >= 11 is 0. The molecule has 0 atom stereocenters. The topological polar surface area (TPSA) is 0 Å². The molecule has 0 radical (unpaired) electrons. The summed E-state index contributed by atoms with van der Waals surface area (Å²) in [5.74, 6) is 0. The Bertz CT molecular complexity index is 333. The average Bonchev–Trinajstić information content (AvgIpc) is 2.66. The van der Waals surface area contributed by atoms with Crippen LogP contribution in [0.2, 0.25) is 10.6 Å². The fourth-order valence-corrected chi connectivity index (χ4v) is 5.84. The van der Waals surface area contributed by atoms with Gasteiger partial charge in [0.25, 0.3) is 0 Å². The summed E-state index contributed by atoms with van der Waals surface area (Å²) in [7, 11) is 4.50. The molecule has 0 heterocycles. The Kier molecular flexibility index (Phi) is 10.9. The van der Waals surface area contributed by atoms with E-state index in [1.54, 1.807) is 0 Å². The Morgan fingerprint density at radius 2 is 0.615 bits per heavy atom. The lowest BCUT2D eigenvalue weighted by Gasteiger charge is -2.33. The zero-order valence-corrected chi connectivity index (χ0v) is 18.6. The van der Waals surface area contributed by atoms with Gasteiger partial charge >= 0.3 is 0 Å². The standard InChI is InChI=1S/C23H47B3/c1-22(18-14-10-6-3-4-7-11-15-19-22)24-26-25-23(2)20-16-12-8-5-9-13-17-21-23/h24-26H,3-21H2,1-2H3. The molecule has 0 spiro atoms. The summed E-state index contributed by atoms with van der Waals surface area (Å²) in [4.78, 5) is 0. The minimum absolute atomic E-state index is 0.649. The highest BCUT2D eigenvalue weighted by molar-refractivity contribution is 7.30. The second-order valence-electron chi connectivity index (χ2n) is 10.8. The molecule has 2 aliphatic rings. The summed E-state index contributed by atoms with van der Waals surface area (Å²) in [6.07, 6.45) is 28.4. The molecule has 3 heteroatoms. The summed E-state index contributed by atoms with van der Waals surface area (Å²) in [5.41, 5.74) is 0. The summed E-state index contributed by atoms with van der Waals surface area (Å²) in [5, 5.41) is 1.30. The molecule has 0 N–H and O–H groups in total. The van der Waals surface area contributed by atoms with Gasteiger partial charge in [-0.15, -0.1) is 0 Å². The minimum Gasteiger partial charge on any atom is -0.0673 e. The van der Waals surface area contributed by atoms with Gasteiger partial charge in [-0.25, -0.2) is 0 Å². The number of rotatable bonds is 4. The van der Waals surface area contributed by atoms with Crippen molar-refractivity contribution in [3.05, 3.63) is 0 Å². The first kappa shape index (κ1) is 22.5. The number of hydrogen-bond acceptors (Lipinski definition) is 0. The predicted octanol–water partition coefficient (Wildman–Crippen LogP) is 6.92. The van der Waals surface area contributed by atoms with Crippen molar-refractivity contribution in [2.24, 2.45) is 0 Å². The van der Waals surface area contributed by atoms with E-state index >= 15 is 0 Å². The molecule has 0 aromatic rings. The second-order valence-corrected chi connectivity index (χ2v) is 10.8. The van der Waals surface area contributed by atoms with Crippen LogP contribution in [-0.4, -0.2) is 21.4 Å². The quantitative estimate of drug-likeness (QED) is 0.480. The zero-order chi connectivity index (χ0) is 18.6. The van der Waals surface area contributed by atoms with E-state index < -0.39 is 0 Å². The van der Waals surface area contributed by atoms with Crippen molar-refractivity contribution in [1.82, 2.24) is 0 Å². The predicted molar refractivity (Wildman–Crippen MR) is 126 cm³/mol. The third kappa shape index (κ3) is 9.41. The lowest BCUT2D eigenvalue weighted by atomic mass is 9.09. The SMILES string of the molecule is CC1(BBBC2(C)CCCCCCCCC2)CCCCCCCCCC1. The molecule has 2 aliphatic carbocycles. The van der Waals surface area contributed by atoms with Gasteiger partial charge in [0, 0.05) is 0 Å². The second kappa shape index (κ2) is 12.6. The molecule has 0 saturated heterocycles. The van der Waals surface area contributed by atoms with Gasteiger partial charge in [0.05, 0.1) is 21.4 Å². The van der Waals surface area contributed by atoms with E-state index in [0.717, 1.165) is 0 Å². The molecular formula is C23H47B3. The van der Waals surface area contributed by atoms with E-state index in [2.05, 4.69) is 13.8 Å². The third-order valence-electron chi connectivity index (χ3n) is 7.93. The molecule has 0 bridgehead atoms. The van der Waals surface area contributed by atoms with Crippen molar-refractivity contribution in [2.75, 3.05) is 0 Å². The summed E-state index contributed by atoms with van der Waals surface area (Å²) < 4.78 is 0. The normalized spacial score (nSPS) is 26.1. The Morgan fingerprint density at radius 1 is 0.385 bits per heavy atom. The third-order valence-corrected chi connectivity index (χ3v) is 7.93. The Balaban J connectivity index is 1.79. The van der Waals surface area contributed by atoms with Gasteiger partial charge in [0.2, 0.25) is 0 Å².